The van der Waals surface area contributed by atoms with Crippen molar-refractivity contribution in [1.82, 2.24) is 10.6 Å². The van der Waals surface area contributed by atoms with E-state index in [1.54, 1.807) is 19.1 Å². The van der Waals surface area contributed by atoms with Gasteiger partial charge in [-0.1, -0.05) is 0 Å². The van der Waals surface area contributed by atoms with E-state index in [4.69, 9.17) is 10.1 Å². The summed E-state index contributed by atoms with van der Waals surface area (Å²) in [5.74, 6) is 0.194. The SMILES string of the molecule is CC(=N)C(NC(=O)OCc1ccc([N+](=O)[O-])cc1)[C@@H]1CCNC1. The summed E-state index contributed by atoms with van der Waals surface area (Å²) < 4.78 is 5.13. The molecule has 1 heterocycles. The Morgan fingerprint density at radius 2 is 2.22 bits per heavy atom. The summed E-state index contributed by atoms with van der Waals surface area (Å²) in [4.78, 5) is 22.0. The maximum Gasteiger partial charge on any atom is 0.408 e. The lowest BCUT2D eigenvalue weighted by Crippen LogP contribution is -2.45. The highest BCUT2D eigenvalue weighted by atomic mass is 16.6. The minimum absolute atomic E-state index is 0.00794. The number of alkyl carbamates (subject to hydrolysis) is 1. The summed E-state index contributed by atoms with van der Waals surface area (Å²) in [5.41, 5.74) is 1.05. The van der Waals surface area contributed by atoms with Crippen LogP contribution >= 0.6 is 0 Å². The zero-order valence-electron chi connectivity index (χ0n) is 12.9. The standard InChI is InChI=1S/C15H20N4O4/c1-10(16)14(12-6-7-17-8-12)18-15(20)23-9-11-2-4-13(5-3-11)19(21)22/h2-5,12,14,16-17H,6-9H2,1H3,(H,18,20)/t12-,14?/m1/s1. The fourth-order valence-corrected chi connectivity index (χ4v) is 2.57. The first kappa shape index (κ1) is 16.9. The number of benzene rings is 1. The fraction of sp³-hybridized carbons (Fsp3) is 0.467. The van der Waals surface area contributed by atoms with Gasteiger partial charge in [-0.2, -0.15) is 0 Å². The number of nitro benzene ring substituents is 1. The van der Waals surface area contributed by atoms with Crippen LogP contribution in [0.2, 0.25) is 0 Å². The maximum absolute atomic E-state index is 11.9. The third-order valence-electron chi connectivity index (χ3n) is 3.83. The molecule has 0 saturated carbocycles. The predicted molar refractivity (Wildman–Crippen MR) is 84.6 cm³/mol. The number of ether oxygens (including phenoxy) is 1. The van der Waals surface area contributed by atoms with Gasteiger partial charge >= 0.3 is 6.09 Å². The highest BCUT2D eigenvalue weighted by molar-refractivity contribution is 5.88. The molecular formula is C15H20N4O4. The van der Waals surface area contributed by atoms with Crippen LogP contribution in [-0.4, -0.2) is 35.9 Å². The molecule has 1 aromatic rings. The van der Waals surface area contributed by atoms with Crippen LogP contribution in [0.25, 0.3) is 0 Å². The second-order valence-corrected chi connectivity index (χ2v) is 5.56. The first-order valence-electron chi connectivity index (χ1n) is 7.39. The normalized spacial score (nSPS) is 18.2. The van der Waals surface area contributed by atoms with E-state index in [9.17, 15) is 14.9 Å². The summed E-state index contributed by atoms with van der Waals surface area (Å²) in [6.45, 7) is 3.34. The van der Waals surface area contributed by atoms with E-state index in [0.29, 0.717) is 11.3 Å². The molecule has 1 aliphatic rings. The molecular weight excluding hydrogens is 300 g/mol. The van der Waals surface area contributed by atoms with E-state index >= 15 is 0 Å². The van der Waals surface area contributed by atoms with Gasteiger partial charge in [0.15, 0.2) is 0 Å². The summed E-state index contributed by atoms with van der Waals surface area (Å²) in [7, 11) is 0. The van der Waals surface area contributed by atoms with Gasteiger partial charge in [-0.3, -0.25) is 10.1 Å². The molecule has 3 N–H and O–H groups in total. The van der Waals surface area contributed by atoms with Gasteiger partial charge in [0, 0.05) is 24.4 Å². The molecule has 1 amide bonds. The number of hydrogen-bond acceptors (Lipinski definition) is 6. The number of nitrogens with one attached hydrogen (secondary N) is 3. The third-order valence-corrected chi connectivity index (χ3v) is 3.83. The largest absolute Gasteiger partial charge is 0.445 e. The van der Waals surface area contributed by atoms with Gasteiger partial charge in [0.1, 0.15) is 6.61 Å². The fourth-order valence-electron chi connectivity index (χ4n) is 2.57. The molecule has 0 bridgehead atoms. The molecule has 1 saturated heterocycles. The topological polar surface area (TPSA) is 117 Å². The lowest BCUT2D eigenvalue weighted by atomic mass is 9.95. The highest BCUT2D eigenvalue weighted by Gasteiger charge is 2.28. The first-order chi connectivity index (χ1) is 11.0. The van der Waals surface area contributed by atoms with Gasteiger partial charge in [-0.25, -0.2) is 4.79 Å². The van der Waals surface area contributed by atoms with Crippen molar-refractivity contribution in [2.45, 2.75) is 26.0 Å². The molecule has 23 heavy (non-hydrogen) atoms. The number of rotatable bonds is 6. The predicted octanol–water partition coefficient (Wildman–Crippen LogP) is 1.84. The lowest BCUT2D eigenvalue weighted by Gasteiger charge is -2.23. The molecule has 8 heteroatoms. The van der Waals surface area contributed by atoms with Crippen molar-refractivity contribution in [3.63, 3.8) is 0 Å². The number of carbonyl (C=O) groups is 1. The van der Waals surface area contributed by atoms with Crippen LogP contribution in [0.4, 0.5) is 10.5 Å². The van der Waals surface area contributed by atoms with Gasteiger partial charge in [0.2, 0.25) is 0 Å². The van der Waals surface area contributed by atoms with Crippen LogP contribution in [0.1, 0.15) is 18.9 Å². The highest BCUT2D eigenvalue weighted by Crippen LogP contribution is 2.15. The van der Waals surface area contributed by atoms with Crippen molar-refractivity contribution in [1.29, 1.82) is 5.41 Å². The van der Waals surface area contributed by atoms with E-state index in [2.05, 4.69) is 10.6 Å². The number of carbonyl (C=O) groups excluding carboxylic acids is 1. The molecule has 1 aliphatic heterocycles. The maximum atomic E-state index is 11.9. The number of non-ortho nitro benzene ring substituents is 1. The van der Waals surface area contributed by atoms with Crippen molar-refractivity contribution >= 4 is 17.5 Å². The summed E-state index contributed by atoms with van der Waals surface area (Å²) in [6, 6.07) is 5.49. The lowest BCUT2D eigenvalue weighted by molar-refractivity contribution is -0.384. The van der Waals surface area contributed by atoms with Crippen LogP contribution in [-0.2, 0) is 11.3 Å². The monoisotopic (exact) mass is 320 g/mol. The van der Waals surface area contributed by atoms with E-state index < -0.39 is 11.0 Å². The van der Waals surface area contributed by atoms with E-state index in [1.165, 1.54) is 12.1 Å². The number of amides is 1. The Labute approximate surface area is 133 Å². The van der Waals surface area contributed by atoms with Crippen molar-refractivity contribution in [2.75, 3.05) is 13.1 Å². The summed E-state index contributed by atoms with van der Waals surface area (Å²) in [5, 5.41) is 24.3. The second-order valence-electron chi connectivity index (χ2n) is 5.56. The zero-order chi connectivity index (χ0) is 16.8. The van der Waals surface area contributed by atoms with Gasteiger partial charge in [0.05, 0.1) is 11.0 Å². The Balaban J connectivity index is 1.85. The average molecular weight is 320 g/mol. The minimum Gasteiger partial charge on any atom is -0.445 e. The first-order valence-corrected chi connectivity index (χ1v) is 7.39. The number of hydrogen-bond donors (Lipinski definition) is 3. The van der Waals surface area contributed by atoms with Gasteiger partial charge in [-0.15, -0.1) is 0 Å². The van der Waals surface area contributed by atoms with Crippen LogP contribution < -0.4 is 10.6 Å². The summed E-state index contributed by atoms with van der Waals surface area (Å²) in [6.07, 6.45) is 0.315. The quantitative estimate of drug-likeness (QED) is 0.420. The Bertz CT molecular complexity index is 582. The molecule has 0 radical (unpaired) electrons. The van der Waals surface area contributed by atoms with Crippen molar-refractivity contribution in [3.05, 3.63) is 39.9 Å². The molecule has 1 unspecified atom stereocenters. The molecule has 1 aromatic carbocycles. The van der Waals surface area contributed by atoms with Gasteiger partial charge < -0.3 is 20.8 Å². The number of nitro groups is 1. The van der Waals surface area contributed by atoms with E-state index in [-0.39, 0.29) is 24.3 Å². The molecule has 8 nitrogen and oxygen atoms in total. The summed E-state index contributed by atoms with van der Waals surface area (Å²) >= 11 is 0. The molecule has 2 atom stereocenters. The van der Waals surface area contributed by atoms with Crippen LogP contribution in [0.15, 0.2) is 24.3 Å². The van der Waals surface area contributed by atoms with Crippen molar-refractivity contribution < 1.29 is 14.5 Å². The average Bonchev–Trinajstić information content (AvgIpc) is 3.04. The van der Waals surface area contributed by atoms with Crippen LogP contribution in [0, 0.1) is 21.4 Å². The van der Waals surface area contributed by atoms with Crippen LogP contribution in [0.3, 0.4) is 0 Å². The molecule has 1 fully saturated rings. The Hall–Kier alpha value is -2.48. The van der Waals surface area contributed by atoms with Gasteiger partial charge in [0.25, 0.3) is 5.69 Å². The Morgan fingerprint density at radius 1 is 1.52 bits per heavy atom. The second kappa shape index (κ2) is 7.68. The van der Waals surface area contributed by atoms with Gasteiger partial charge in [-0.05, 0) is 43.5 Å². The molecule has 0 aliphatic carbocycles. The molecule has 124 valence electrons. The molecule has 2 rings (SSSR count). The molecule has 0 spiro atoms. The van der Waals surface area contributed by atoms with Crippen molar-refractivity contribution in [2.24, 2.45) is 5.92 Å². The number of nitrogens with zero attached hydrogens (tertiary/aromatic N) is 1. The van der Waals surface area contributed by atoms with E-state index in [1.807, 2.05) is 0 Å². The molecule has 0 aromatic heterocycles. The smallest absolute Gasteiger partial charge is 0.408 e. The zero-order valence-corrected chi connectivity index (χ0v) is 12.9. The minimum atomic E-state index is -0.591. The van der Waals surface area contributed by atoms with Crippen molar-refractivity contribution in [3.8, 4) is 0 Å². The van der Waals surface area contributed by atoms with Crippen LogP contribution in [0.5, 0.6) is 0 Å². The Morgan fingerprint density at radius 3 is 2.74 bits per heavy atom. The van der Waals surface area contributed by atoms with E-state index in [0.717, 1.165) is 19.5 Å². The third kappa shape index (κ3) is 4.75. The Kier molecular flexibility index (Phi) is 5.64.